The maximum absolute atomic E-state index is 12.4. The van der Waals surface area contributed by atoms with Crippen LogP contribution in [0.15, 0.2) is 28.8 Å². The van der Waals surface area contributed by atoms with Gasteiger partial charge in [-0.2, -0.15) is 4.98 Å². The van der Waals surface area contributed by atoms with Crippen LogP contribution in [0.4, 0.5) is 6.01 Å². The predicted molar refractivity (Wildman–Crippen MR) is 103 cm³/mol. The van der Waals surface area contributed by atoms with E-state index in [2.05, 4.69) is 10.1 Å². The summed E-state index contributed by atoms with van der Waals surface area (Å²) >= 11 is 0. The molecule has 27 heavy (non-hydrogen) atoms. The normalized spacial score (nSPS) is 15.0. The van der Waals surface area contributed by atoms with Crippen LogP contribution in [0.25, 0.3) is 0 Å². The zero-order valence-corrected chi connectivity index (χ0v) is 16.4. The van der Waals surface area contributed by atoms with Gasteiger partial charge in [0, 0.05) is 33.6 Å². The van der Waals surface area contributed by atoms with Crippen molar-refractivity contribution in [3.63, 3.8) is 0 Å². The molecule has 0 spiro atoms. The molecule has 1 aromatic heterocycles. The molecule has 1 amide bonds. The minimum atomic E-state index is 0.0590. The first kappa shape index (κ1) is 19.2. The average Bonchev–Trinajstić information content (AvgIpc) is 3.14. The molecule has 0 radical (unpaired) electrons. The summed E-state index contributed by atoms with van der Waals surface area (Å²) in [6.07, 6.45) is 3.85. The van der Waals surface area contributed by atoms with E-state index in [9.17, 15) is 4.79 Å². The summed E-state index contributed by atoms with van der Waals surface area (Å²) < 4.78 is 10.8. The molecule has 1 aromatic carbocycles. The Hall–Kier alpha value is -2.57. The van der Waals surface area contributed by atoms with Gasteiger partial charge in [0.25, 0.3) is 5.91 Å². The average molecular weight is 372 g/mol. The second kappa shape index (κ2) is 8.88. The lowest BCUT2D eigenvalue weighted by Crippen LogP contribution is -2.41. The van der Waals surface area contributed by atoms with Gasteiger partial charge in [-0.05, 0) is 49.8 Å². The number of amides is 1. The van der Waals surface area contributed by atoms with Crippen molar-refractivity contribution >= 4 is 11.9 Å². The minimum absolute atomic E-state index is 0.0590. The van der Waals surface area contributed by atoms with Gasteiger partial charge in [-0.3, -0.25) is 4.79 Å². The standard InChI is InChI=1S/C20H28N4O3/c1-15-5-4-6-17(13-15)26-14-19(25)24-11-9-16(10-12-24)7-8-18-21-20(23(2)3)27-22-18/h4-6,13,16H,7-12,14H2,1-3H3. The molecule has 1 aliphatic heterocycles. The molecule has 7 heteroatoms. The third-order valence-corrected chi connectivity index (χ3v) is 4.94. The Morgan fingerprint density at radius 3 is 2.78 bits per heavy atom. The Morgan fingerprint density at radius 2 is 2.11 bits per heavy atom. The van der Waals surface area contributed by atoms with Gasteiger partial charge in [0.15, 0.2) is 12.4 Å². The Labute approximate surface area is 160 Å². The number of carbonyl (C=O) groups excluding carboxylic acids is 1. The molecule has 3 rings (SSSR count). The van der Waals surface area contributed by atoms with Crippen LogP contribution >= 0.6 is 0 Å². The third-order valence-electron chi connectivity index (χ3n) is 4.94. The van der Waals surface area contributed by atoms with E-state index < -0.39 is 0 Å². The molecular weight excluding hydrogens is 344 g/mol. The van der Waals surface area contributed by atoms with E-state index in [1.807, 2.05) is 50.2 Å². The second-order valence-electron chi connectivity index (χ2n) is 7.36. The van der Waals surface area contributed by atoms with Gasteiger partial charge in [0.05, 0.1) is 0 Å². The van der Waals surface area contributed by atoms with Crippen molar-refractivity contribution in [2.75, 3.05) is 38.7 Å². The fourth-order valence-corrected chi connectivity index (χ4v) is 3.27. The van der Waals surface area contributed by atoms with Crippen LogP contribution in [0.2, 0.25) is 0 Å². The summed E-state index contributed by atoms with van der Waals surface area (Å²) in [5, 5.41) is 4.02. The van der Waals surface area contributed by atoms with Crippen LogP contribution < -0.4 is 9.64 Å². The highest BCUT2D eigenvalue weighted by Crippen LogP contribution is 2.22. The highest BCUT2D eigenvalue weighted by Gasteiger charge is 2.23. The summed E-state index contributed by atoms with van der Waals surface area (Å²) in [6.45, 7) is 3.69. The van der Waals surface area contributed by atoms with Crippen LogP contribution in [0, 0.1) is 12.8 Å². The monoisotopic (exact) mass is 372 g/mol. The van der Waals surface area contributed by atoms with Crippen LogP contribution in [0.1, 0.15) is 30.7 Å². The molecular formula is C20H28N4O3. The molecule has 1 fully saturated rings. The first-order valence-corrected chi connectivity index (χ1v) is 9.48. The van der Waals surface area contributed by atoms with Crippen molar-refractivity contribution in [2.24, 2.45) is 5.92 Å². The number of likely N-dealkylation sites (tertiary alicyclic amines) is 1. The molecule has 2 aromatic rings. The molecule has 0 bridgehead atoms. The number of rotatable bonds is 7. The number of anilines is 1. The number of aryl methyl sites for hydroxylation is 2. The highest BCUT2D eigenvalue weighted by molar-refractivity contribution is 5.77. The lowest BCUT2D eigenvalue weighted by molar-refractivity contribution is -0.134. The van der Waals surface area contributed by atoms with Gasteiger partial charge in [0.1, 0.15) is 5.75 Å². The van der Waals surface area contributed by atoms with Crippen LogP contribution in [-0.2, 0) is 11.2 Å². The highest BCUT2D eigenvalue weighted by atomic mass is 16.5. The maximum Gasteiger partial charge on any atom is 0.323 e. The van der Waals surface area contributed by atoms with Crippen LogP contribution in [-0.4, -0.2) is 54.7 Å². The molecule has 2 heterocycles. The van der Waals surface area contributed by atoms with E-state index >= 15 is 0 Å². The van der Waals surface area contributed by atoms with E-state index in [0.717, 1.165) is 55.9 Å². The molecule has 146 valence electrons. The molecule has 0 N–H and O–H groups in total. The van der Waals surface area contributed by atoms with E-state index in [1.54, 1.807) is 4.90 Å². The van der Waals surface area contributed by atoms with Crippen molar-refractivity contribution in [3.05, 3.63) is 35.7 Å². The first-order chi connectivity index (χ1) is 13.0. The fourth-order valence-electron chi connectivity index (χ4n) is 3.27. The smallest absolute Gasteiger partial charge is 0.323 e. The molecule has 7 nitrogen and oxygen atoms in total. The number of hydrogen-bond acceptors (Lipinski definition) is 6. The number of carbonyl (C=O) groups is 1. The number of ether oxygens (including phenoxy) is 1. The van der Waals surface area contributed by atoms with E-state index in [4.69, 9.17) is 9.26 Å². The summed E-state index contributed by atoms with van der Waals surface area (Å²) in [6, 6.07) is 8.31. The van der Waals surface area contributed by atoms with Crippen molar-refractivity contribution in [2.45, 2.75) is 32.6 Å². The molecule has 1 saturated heterocycles. The second-order valence-corrected chi connectivity index (χ2v) is 7.36. The largest absolute Gasteiger partial charge is 0.484 e. The van der Waals surface area contributed by atoms with E-state index in [-0.39, 0.29) is 12.5 Å². The quantitative estimate of drug-likeness (QED) is 0.744. The summed E-state index contributed by atoms with van der Waals surface area (Å²) in [5.41, 5.74) is 1.13. The number of nitrogens with zero attached hydrogens (tertiary/aromatic N) is 4. The zero-order valence-electron chi connectivity index (χ0n) is 16.4. The van der Waals surface area contributed by atoms with Crippen LogP contribution in [0.5, 0.6) is 5.75 Å². The van der Waals surface area contributed by atoms with Gasteiger partial charge in [-0.25, -0.2) is 0 Å². The molecule has 1 aliphatic rings. The SMILES string of the molecule is Cc1cccc(OCC(=O)N2CCC(CCc3noc(N(C)C)n3)CC2)c1. The van der Waals surface area contributed by atoms with Gasteiger partial charge < -0.3 is 19.1 Å². The third kappa shape index (κ3) is 5.45. The lowest BCUT2D eigenvalue weighted by Gasteiger charge is -2.31. The number of hydrogen-bond donors (Lipinski definition) is 0. The summed E-state index contributed by atoms with van der Waals surface area (Å²) in [4.78, 5) is 20.4. The summed E-state index contributed by atoms with van der Waals surface area (Å²) in [7, 11) is 3.76. The Bertz CT molecular complexity index is 751. The van der Waals surface area contributed by atoms with Crippen molar-refractivity contribution < 1.29 is 14.1 Å². The van der Waals surface area contributed by atoms with Crippen molar-refractivity contribution in [1.82, 2.24) is 15.0 Å². The Morgan fingerprint density at radius 1 is 1.33 bits per heavy atom. The van der Waals surface area contributed by atoms with Gasteiger partial charge in [0.2, 0.25) is 0 Å². The van der Waals surface area contributed by atoms with Gasteiger partial charge in [-0.1, -0.05) is 17.3 Å². The molecule has 0 saturated carbocycles. The molecule has 0 atom stereocenters. The number of benzene rings is 1. The van der Waals surface area contributed by atoms with Crippen molar-refractivity contribution in [1.29, 1.82) is 0 Å². The minimum Gasteiger partial charge on any atom is -0.484 e. The Balaban J connectivity index is 1.38. The van der Waals surface area contributed by atoms with Crippen molar-refractivity contribution in [3.8, 4) is 5.75 Å². The van der Waals surface area contributed by atoms with E-state index in [1.165, 1.54) is 0 Å². The van der Waals surface area contributed by atoms with Gasteiger partial charge in [-0.15, -0.1) is 0 Å². The Kier molecular flexibility index (Phi) is 6.32. The maximum atomic E-state index is 12.4. The van der Waals surface area contributed by atoms with Crippen LogP contribution in [0.3, 0.4) is 0 Å². The first-order valence-electron chi connectivity index (χ1n) is 9.48. The zero-order chi connectivity index (χ0) is 19.2. The van der Waals surface area contributed by atoms with E-state index in [0.29, 0.717) is 11.9 Å². The lowest BCUT2D eigenvalue weighted by atomic mass is 9.92. The number of piperidine rings is 1. The topological polar surface area (TPSA) is 71.7 Å². The van der Waals surface area contributed by atoms with Gasteiger partial charge >= 0.3 is 6.01 Å². The summed E-state index contributed by atoms with van der Waals surface area (Å²) in [5.74, 6) is 2.15. The predicted octanol–water partition coefficient (Wildman–Crippen LogP) is 2.69. The fraction of sp³-hybridized carbons (Fsp3) is 0.550. The molecule has 0 aliphatic carbocycles. The number of aromatic nitrogens is 2. The molecule has 0 unspecified atom stereocenters.